The van der Waals surface area contributed by atoms with Gasteiger partial charge in [0.15, 0.2) is 0 Å². The summed E-state index contributed by atoms with van der Waals surface area (Å²) in [5.74, 6) is 0.580. The van der Waals surface area contributed by atoms with E-state index in [4.69, 9.17) is 4.74 Å². The molecule has 0 saturated carbocycles. The Labute approximate surface area is 217 Å². The van der Waals surface area contributed by atoms with Crippen molar-refractivity contribution in [1.82, 2.24) is 4.90 Å². The maximum absolute atomic E-state index is 9.88. The highest BCUT2D eigenvalue weighted by molar-refractivity contribution is 5.99. The number of phenols is 1. The second-order valence-corrected chi connectivity index (χ2v) is 10.1. The van der Waals surface area contributed by atoms with Gasteiger partial charge in [-0.25, -0.2) is 0 Å². The summed E-state index contributed by atoms with van der Waals surface area (Å²) in [5.41, 5.74) is 5.16. The van der Waals surface area contributed by atoms with E-state index in [9.17, 15) is 10.2 Å². The van der Waals surface area contributed by atoms with Gasteiger partial charge in [0.25, 0.3) is 0 Å². The van der Waals surface area contributed by atoms with Crippen LogP contribution in [-0.2, 0) is 4.74 Å². The molecule has 36 heavy (non-hydrogen) atoms. The molecule has 0 spiro atoms. The third kappa shape index (κ3) is 7.92. The third-order valence-electron chi connectivity index (χ3n) is 7.06. The molecule has 0 amide bonds. The average Bonchev–Trinajstić information content (AvgIpc) is 3.29. The molecule has 0 aromatic heterocycles. The Hall–Kier alpha value is -2.66. The van der Waals surface area contributed by atoms with Crippen LogP contribution >= 0.6 is 0 Å². The fourth-order valence-corrected chi connectivity index (χ4v) is 4.94. The standard InChI is InChI=1S/C32H43NO3/c1-24(2)31(36-23-20-28-12-8-21-33(28)4)19-14-25(3)32(27-15-17-29(35)18-16-27)30(13-9-22-34)26-10-6-5-7-11-26/h5-7,10-11,14-19,24,28,31,34-35H,3,8-9,12-13,20-23H2,1-2,4H3/b19-14-,32-30+. The summed E-state index contributed by atoms with van der Waals surface area (Å²) in [4.78, 5) is 2.44. The molecular formula is C32H43NO3. The number of nitrogens with zero attached hydrogens (tertiary/aromatic N) is 1. The van der Waals surface area contributed by atoms with Gasteiger partial charge in [-0.05, 0) is 91.6 Å². The lowest BCUT2D eigenvalue weighted by molar-refractivity contribution is 0.0442. The normalized spacial score (nSPS) is 18.1. The maximum Gasteiger partial charge on any atom is 0.115 e. The molecule has 0 aliphatic carbocycles. The van der Waals surface area contributed by atoms with Crippen molar-refractivity contribution < 1.29 is 14.9 Å². The van der Waals surface area contributed by atoms with Gasteiger partial charge < -0.3 is 19.8 Å². The molecule has 1 aliphatic heterocycles. The molecular weight excluding hydrogens is 446 g/mol. The Morgan fingerprint density at radius 1 is 1.11 bits per heavy atom. The Bertz CT molecular complexity index is 1010. The minimum Gasteiger partial charge on any atom is -0.508 e. The molecule has 2 unspecified atom stereocenters. The second kappa shape index (κ2) is 14.2. The molecule has 4 nitrogen and oxygen atoms in total. The van der Waals surface area contributed by atoms with Crippen molar-refractivity contribution in [2.75, 3.05) is 26.8 Å². The van der Waals surface area contributed by atoms with Gasteiger partial charge in [-0.3, -0.25) is 0 Å². The molecule has 2 aromatic carbocycles. The number of allylic oxidation sites excluding steroid dienone is 4. The van der Waals surface area contributed by atoms with Crippen LogP contribution in [0.5, 0.6) is 5.75 Å². The predicted octanol–water partition coefficient (Wildman–Crippen LogP) is 6.71. The molecule has 2 atom stereocenters. The number of benzene rings is 2. The first kappa shape index (κ1) is 27.9. The topological polar surface area (TPSA) is 52.9 Å². The fourth-order valence-electron chi connectivity index (χ4n) is 4.94. The van der Waals surface area contributed by atoms with E-state index in [0.29, 0.717) is 18.4 Å². The van der Waals surface area contributed by atoms with Gasteiger partial charge in [-0.1, -0.05) is 75.0 Å². The van der Waals surface area contributed by atoms with Crippen LogP contribution in [0.25, 0.3) is 11.1 Å². The summed E-state index contributed by atoms with van der Waals surface area (Å²) in [6, 6.07) is 18.2. The lowest BCUT2D eigenvalue weighted by Gasteiger charge is -2.23. The first-order valence-electron chi connectivity index (χ1n) is 13.3. The highest BCUT2D eigenvalue weighted by atomic mass is 16.5. The smallest absolute Gasteiger partial charge is 0.115 e. The number of aromatic hydroxyl groups is 1. The number of ether oxygens (including phenoxy) is 1. The van der Waals surface area contributed by atoms with Crippen LogP contribution in [0.1, 0.15) is 57.1 Å². The third-order valence-corrected chi connectivity index (χ3v) is 7.06. The van der Waals surface area contributed by atoms with E-state index < -0.39 is 0 Å². The minimum atomic E-state index is 0.00661. The van der Waals surface area contributed by atoms with Gasteiger partial charge in [0, 0.05) is 19.3 Å². The van der Waals surface area contributed by atoms with E-state index in [1.807, 2.05) is 30.3 Å². The van der Waals surface area contributed by atoms with E-state index in [-0.39, 0.29) is 18.5 Å². The van der Waals surface area contributed by atoms with E-state index in [1.165, 1.54) is 19.4 Å². The first-order chi connectivity index (χ1) is 17.4. The summed E-state index contributed by atoms with van der Waals surface area (Å²) in [6.07, 6.45) is 9.21. The van der Waals surface area contributed by atoms with Crippen molar-refractivity contribution in [3.63, 3.8) is 0 Å². The summed E-state index contributed by atoms with van der Waals surface area (Å²) < 4.78 is 6.34. The lowest BCUT2D eigenvalue weighted by atomic mass is 9.87. The second-order valence-electron chi connectivity index (χ2n) is 10.1. The Morgan fingerprint density at radius 3 is 2.44 bits per heavy atom. The Morgan fingerprint density at radius 2 is 1.83 bits per heavy atom. The zero-order valence-corrected chi connectivity index (χ0v) is 22.2. The van der Waals surface area contributed by atoms with Crippen molar-refractivity contribution in [2.24, 2.45) is 5.92 Å². The van der Waals surface area contributed by atoms with Crippen LogP contribution in [0.2, 0.25) is 0 Å². The van der Waals surface area contributed by atoms with Gasteiger partial charge in [0.1, 0.15) is 5.75 Å². The number of hydrogen-bond acceptors (Lipinski definition) is 4. The molecule has 4 heteroatoms. The van der Waals surface area contributed by atoms with Crippen molar-refractivity contribution in [3.05, 3.63) is 90.0 Å². The zero-order chi connectivity index (χ0) is 25.9. The van der Waals surface area contributed by atoms with Crippen molar-refractivity contribution in [2.45, 2.75) is 58.1 Å². The van der Waals surface area contributed by atoms with Gasteiger partial charge in [-0.2, -0.15) is 0 Å². The van der Waals surface area contributed by atoms with Gasteiger partial charge in [0.2, 0.25) is 0 Å². The summed E-state index contributed by atoms with van der Waals surface area (Å²) in [7, 11) is 2.21. The molecule has 1 aliphatic rings. The molecule has 3 rings (SSSR count). The number of aliphatic hydroxyl groups is 1. The number of likely N-dealkylation sites (tertiary alicyclic amines) is 1. The zero-order valence-electron chi connectivity index (χ0n) is 22.2. The SMILES string of the molecule is C=C(/C=C\C(OCCC1CCCN1C)C(C)C)/C(=C(/CCCO)c1ccccc1)c1ccc(O)cc1. The molecule has 1 heterocycles. The summed E-state index contributed by atoms with van der Waals surface area (Å²) >= 11 is 0. The molecule has 2 aromatic rings. The fraction of sp³-hybridized carbons (Fsp3) is 0.438. The number of phenolic OH excluding ortho intramolecular Hbond substituents is 1. The molecule has 0 bridgehead atoms. The minimum absolute atomic E-state index is 0.00661. The van der Waals surface area contributed by atoms with E-state index in [2.05, 4.69) is 56.7 Å². The molecule has 0 radical (unpaired) electrons. The van der Waals surface area contributed by atoms with Crippen molar-refractivity contribution >= 4 is 11.1 Å². The van der Waals surface area contributed by atoms with Crippen LogP contribution in [0, 0.1) is 5.92 Å². The molecule has 1 fully saturated rings. The number of aliphatic hydroxyl groups excluding tert-OH is 1. The van der Waals surface area contributed by atoms with Gasteiger partial charge in [-0.15, -0.1) is 0 Å². The van der Waals surface area contributed by atoms with Crippen LogP contribution in [-0.4, -0.2) is 54.1 Å². The van der Waals surface area contributed by atoms with E-state index in [0.717, 1.165) is 47.3 Å². The number of rotatable bonds is 13. The van der Waals surface area contributed by atoms with Gasteiger partial charge in [0.05, 0.1) is 6.10 Å². The molecule has 1 saturated heterocycles. The maximum atomic E-state index is 9.88. The van der Waals surface area contributed by atoms with Crippen LogP contribution in [0.3, 0.4) is 0 Å². The highest BCUT2D eigenvalue weighted by Crippen LogP contribution is 2.36. The first-order valence-corrected chi connectivity index (χ1v) is 13.3. The van der Waals surface area contributed by atoms with Gasteiger partial charge >= 0.3 is 0 Å². The van der Waals surface area contributed by atoms with Crippen molar-refractivity contribution in [1.29, 1.82) is 0 Å². The Balaban J connectivity index is 1.88. The summed E-state index contributed by atoms with van der Waals surface area (Å²) in [6.45, 7) is 10.9. The molecule has 2 N–H and O–H groups in total. The lowest BCUT2D eigenvalue weighted by Crippen LogP contribution is -2.27. The van der Waals surface area contributed by atoms with E-state index >= 15 is 0 Å². The average molecular weight is 490 g/mol. The molecule has 194 valence electrons. The van der Waals surface area contributed by atoms with Crippen molar-refractivity contribution in [3.8, 4) is 5.75 Å². The highest BCUT2D eigenvalue weighted by Gasteiger charge is 2.21. The van der Waals surface area contributed by atoms with E-state index in [1.54, 1.807) is 12.1 Å². The quantitative estimate of drug-likeness (QED) is 0.242. The predicted molar refractivity (Wildman–Crippen MR) is 151 cm³/mol. The Kier molecular flexibility index (Phi) is 11.0. The van der Waals surface area contributed by atoms with Crippen LogP contribution in [0.4, 0.5) is 0 Å². The monoisotopic (exact) mass is 489 g/mol. The largest absolute Gasteiger partial charge is 0.508 e. The number of hydrogen-bond donors (Lipinski definition) is 2. The summed E-state index contributed by atoms with van der Waals surface area (Å²) in [5, 5.41) is 19.5. The van der Waals surface area contributed by atoms with Crippen LogP contribution < -0.4 is 0 Å². The van der Waals surface area contributed by atoms with Crippen LogP contribution in [0.15, 0.2) is 78.9 Å².